The molecular weight excluding hydrogens is 484 g/mol. The van der Waals surface area contributed by atoms with Gasteiger partial charge in [0.2, 0.25) is 0 Å². The van der Waals surface area contributed by atoms with Crippen LogP contribution >= 0.6 is 0 Å². The molecule has 0 aliphatic heterocycles. The maximum Gasteiger partial charge on any atom is 0.325 e. The van der Waals surface area contributed by atoms with Gasteiger partial charge in [-0.2, -0.15) is 5.26 Å². The van der Waals surface area contributed by atoms with Crippen LogP contribution in [0.5, 0.6) is 0 Å². The van der Waals surface area contributed by atoms with Gasteiger partial charge in [-0.1, -0.05) is 98.3 Å². The van der Waals surface area contributed by atoms with Crippen LogP contribution in [0.3, 0.4) is 0 Å². The Balaban J connectivity index is 1.58. The van der Waals surface area contributed by atoms with E-state index in [1.165, 1.54) is 0 Å². The lowest BCUT2D eigenvalue weighted by molar-refractivity contribution is -0.143. The number of nitriles is 1. The molecule has 0 radical (unpaired) electrons. The van der Waals surface area contributed by atoms with Gasteiger partial charge in [0.25, 0.3) is 0 Å². The molecule has 0 aliphatic carbocycles. The van der Waals surface area contributed by atoms with Crippen LogP contribution in [0.2, 0.25) is 0 Å². The standard InChI is InChI=1S/C34H32N2O3/c1-2-3-17-33(37)31-15-9-10-16-32(31)36(24-34(38)39-25-27-11-5-4-6-12-27)23-26-18-20-28(21-19-26)30-14-8-7-13-29(30)22-35/h4-16,18-21H,2-3,17,23-25H2,1H3. The minimum absolute atomic E-state index is 0.00389. The molecule has 0 heterocycles. The summed E-state index contributed by atoms with van der Waals surface area (Å²) in [5.41, 5.74) is 5.66. The van der Waals surface area contributed by atoms with Crippen molar-refractivity contribution >= 4 is 17.4 Å². The maximum absolute atomic E-state index is 13.1. The number of hydrogen-bond acceptors (Lipinski definition) is 5. The first-order valence-electron chi connectivity index (χ1n) is 13.2. The molecule has 4 aromatic carbocycles. The van der Waals surface area contributed by atoms with E-state index >= 15 is 0 Å². The van der Waals surface area contributed by atoms with Gasteiger partial charge in [0.1, 0.15) is 13.2 Å². The quantitative estimate of drug-likeness (QED) is 0.145. The molecule has 196 valence electrons. The number of carbonyl (C=O) groups excluding carboxylic acids is 2. The van der Waals surface area contributed by atoms with Gasteiger partial charge in [0, 0.05) is 24.2 Å². The number of carbonyl (C=O) groups is 2. The summed E-state index contributed by atoms with van der Waals surface area (Å²) in [4.78, 5) is 28.0. The number of esters is 1. The van der Waals surface area contributed by atoms with Gasteiger partial charge >= 0.3 is 5.97 Å². The Bertz CT molecular complexity index is 1440. The third-order valence-electron chi connectivity index (χ3n) is 6.55. The third-order valence-corrected chi connectivity index (χ3v) is 6.55. The Hall–Kier alpha value is -4.69. The first-order valence-corrected chi connectivity index (χ1v) is 13.2. The highest BCUT2D eigenvalue weighted by atomic mass is 16.5. The van der Waals surface area contributed by atoms with Crippen molar-refractivity contribution in [2.75, 3.05) is 11.4 Å². The highest BCUT2D eigenvalue weighted by molar-refractivity contribution is 6.01. The summed E-state index contributed by atoms with van der Waals surface area (Å²) >= 11 is 0. The number of benzene rings is 4. The zero-order valence-corrected chi connectivity index (χ0v) is 22.2. The molecule has 4 rings (SSSR count). The van der Waals surface area contributed by atoms with Crippen molar-refractivity contribution in [3.63, 3.8) is 0 Å². The van der Waals surface area contributed by atoms with Gasteiger partial charge in [-0.15, -0.1) is 0 Å². The van der Waals surface area contributed by atoms with Crippen molar-refractivity contribution in [3.05, 3.63) is 125 Å². The average Bonchev–Trinajstić information content (AvgIpc) is 2.99. The highest BCUT2D eigenvalue weighted by Crippen LogP contribution is 2.27. The Morgan fingerprint density at radius 2 is 1.51 bits per heavy atom. The van der Waals surface area contributed by atoms with E-state index in [0.717, 1.165) is 35.1 Å². The SMILES string of the molecule is CCCCC(=O)c1ccccc1N(CC(=O)OCc1ccccc1)Cc1ccc(-c2ccccc2C#N)cc1. The Labute approximate surface area is 230 Å². The predicted molar refractivity (Wildman–Crippen MR) is 154 cm³/mol. The van der Waals surface area contributed by atoms with Crippen LogP contribution in [0.1, 0.15) is 53.2 Å². The number of ether oxygens (including phenoxy) is 1. The lowest BCUT2D eigenvalue weighted by Gasteiger charge is -2.26. The summed E-state index contributed by atoms with van der Waals surface area (Å²) < 4.78 is 5.59. The summed E-state index contributed by atoms with van der Waals surface area (Å²) in [5.74, 6) is -0.298. The fourth-order valence-corrected chi connectivity index (χ4v) is 4.47. The molecule has 0 fully saturated rings. The van der Waals surface area contributed by atoms with E-state index in [2.05, 4.69) is 13.0 Å². The average molecular weight is 517 g/mol. The van der Waals surface area contributed by atoms with Crippen molar-refractivity contribution in [2.45, 2.75) is 39.3 Å². The molecule has 0 saturated heterocycles. The van der Waals surface area contributed by atoms with Crippen molar-refractivity contribution in [3.8, 4) is 17.2 Å². The molecule has 0 unspecified atom stereocenters. The summed E-state index contributed by atoms with van der Waals surface area (Å²) in [7, 11) is 0. The van der Waals surface area contributed by atoms with Crippen LogP contribution in [-0.2, 0) is 22.7 Å². The van der Waals surface area contributed by atoms with Crippen LogP contribution in [0, 0.1) is 11.3 Å². The Morgan fingerprint density at radius 1 is 0.821 bits per heavy atom. The van der Waals surface area contributed by atoms with Crippen LogP contribution < -0.4 is 4.90 Å². The normalized spacial score (nSPS) is 10.5. The summed E-state index contributed by atoms with van der Waals surface area (Å²) in [6.45, 7) is 2.67. The van der Waals surface area contributed by atoms with Crippen molar-refractivity contribution in [1.82, 2.24) is 0 Å². The molecule has 39 heavy (non-hydrogen) atoms. The van der Waals surface area contributed by atoms with E-state index in [-0.39, 0.29) is 24.9 Å². The minimum atomic E-state index is -0.366. The van der Waals surface area contributed by atoms with Gasteiger partial charge < -0.3 is 9.64 Å². The Kier molecular flexibility index (Phi) is 9.63. The summed E-state index contributed by atoms with van der Waals surface area (Å²) in [5, 5.41) is 9.48. The summed E-state index contributed by atoms with van der Waals surface area (Å²) in [6, 6.07) is 34.7. The van der Waals surface area contributed by atoms with Crippen molar-refractivity contribution < 1.29 is 14.3 Å². The van der Waals surface area contributed by atoms with E-state index < -0.39 is 0 Å². The smallest absolute Gasteiger partial charge is 0.325 e. The van der Waals surface area contributed by atoms with Crippen LogP contribution in [0.15, 0.2) is 103 Å². The largest absolute Gasteiger partial charge is 0.459 e. The molecule has 5 heteroatoms. The molecule has 0 amide bonds. The highest BCUT2D eigenvalue weighted by Gasteiger charge is 2.20. The van der Waals surface area contributed by atoms with Crippen molar-refractivity contribution in [2.24, 2.45) is 0 Å². The van der Waals surface area contributed by atoms with Crippen LogP contribution in [0.4, 0.5) is 5.69 Å². The number of unbranched alkanes of at least 4 members (excludes halogenated alkanes) is 1. The maximum atomic E-state index is 13.1. The molecule has 0 aromatic heterocycles. The molecule has 0 atom stereocenters. The first-order chi connectivity index (χ1) is 19.1. The fraction of sp³-hybridized carbons (Fsp3) is 0.206. The number of ketones is 1. The lowest BCUT2D eigenvalue weighted by Crippen LogP contribution is -2.31. The first kappa shape index (κ1) is 27.3. The van der Waals surface area contributed by atoms with Crippen LogP contribution in [-0.4, -0.2) is 18.3 Å². The lowest BCUT2D eigenvalue weighted by atomic mass is 9.99. The zero-order valence-electron chi connectivity index (χ0n) is 22.2. The second kappa shape index (κ2) is 13.7. The third kappa shape index (κ3) is 7.43. The second-order valence-corrected chi connectivity index (χ2v) is 9.40. The topological polar surface area (TPSA) is 70.4 Å². The molecule has 0 saturated carbocycles. The summed E-state index contributed by atoms with van der Waals surface area (Å²) in [6.07, 6.45) is 2.22. The van der Waals surface area contributed by atoms with Crippen molar-refractivity contribution in [1.29, 1.82) is 5.26 Å². The zero-order chi connectivity index (χ0) is 27.5. The molecule has 4 aromatic rings. The number of Topliss-reactive ketones (excluding diaryl/α,β-unsaturated/α-hetero) is 1. The number of anilines is 1. The van der Waals surface area contributed by atoms with Gasteiger partial charge in [-0.25, -0.2) is 0 Å². The fourth-order valence-electron chi connectivity index (χ4n) is 4.47. The second-order valence-electron chi connectivity index (χ2n) is 9.40. The molecule has 0 aliphatic rings. The van der Waals surface area contributed by atoms with E-state index in [4.69, 9.17) is 4.74 Å². The number of rotatable bonds is 12. The number of para-hydroxylation sites is 1. The Morgan fingerprint density at radius 3 is 2.26 bits per heavy atom. The molecule has 0 N–H and O–H groups in total. The minimum Gasteiger partial charge on any atom is -0.459 e. The van der Waals surface area contributed by atoms with Gasteiger partial charge in [0.05, 0.1) is 11.6 Å². The van der Waals surface area contributed by atoms with Gasteiger partial charge in [-0.3, -0.25) is 9.59 Å². The molecule has 0 spiro atoms. The molecule has 0 bridgehead atoms. The van der Waals surface area contributed by atoms with Gasteiger partial charge in [0.15, 0.2) is 5.78 Å². The van der Waals surface area contributed by atoms with E-state index in [0.29, 0.717) is 29.8 Å². The molecule has 5 nitrogen and oxygen atoms in total. The molecular formula is C34H32N2O3. The van der Waals surface area contributed by atoms with E-state index in [9.17, 15) is 14.9 Å². The predicted octanol–water partition coefficient (Wildman–Crippen LogP) is 7.35. The van der Waals surface area contributed by atoms with E-state index in [1.807, 2.05) is 102 Å². The number of hydrogen-bond donors (Lipinski definition) is 0. The van der Waals surface area contributed by atoms with Crippen LogP contribution in [0.25, 0.3) is 11.1 Å². The van der Waals surface area contributed by atoms with Gasteiger partial charge in [-0.05, 0) is 46.9 Å². The van der Waals surface area contributed by atoms with E-state index in [1.54, 1.807) is 6.07 Å². The number of nitrogens with zero attached hydrogens (tertiary/aromatic N) is 2. The monoisotopic (exact) mass is 516 g/mol.